The molecule has 0 aromatic heterocycles. The topological polar surface area (TPSA) is 34.1 Å². The van der Waals surface area contributed by atoms with Crippen molar-refractivity contribution in [3.05, 3.63) is 17.8 Å². The minimum Gasteiger partial charge on any atom is -0.426 e. The summed E-state index contributed by atoms with van der Waals surface area (Å²) in [4.78, 5) is 0. The van der Waals surface area contributed by atoms with Crippen LogP contribution in [0.15, 0.2) is 22.9 Å². The minimum atomic E-state index is -2.66. The van der Waals surface area contributed by atoms with Gasteiger partial charge in [0.15, 0.2) is 0 Å². The number of nitrogens with zero attached hydrogens (tertiary/aromatic N) is 2. The van der Waals surface area contributed by atoms with Gasteiger partial charge >= 0.3 is 14.0 Å². The van der Waals surface area contributed by atoms with Crippen LogP contribution in [0.1, 0.15) is 27.7 Å². The van der Waals surface area contributed by atoms with Crippen molar-refractivity contribution in [2.75, 3.05) is 14.2 Å². The summed E-state index contributed by atoms with van der Waals surface area (Å²) in [6.07, 6.45) is 1.20. The molecule has 0 aliphatic rings. The molecule has 1 radical (unpaired) electrons. The van der Waals surface area contributed by atoms with Crippen LogP contribution in [-0.4, -0.2) is 50.6 Å². The van der Waals surface area contributed by atoms with Gasteiger partial charge in [-0.2, -0.15) is 13.9 Å². The molecule has 113 valence electrons. The average Bonchev–Trinajstić information content (AvgIpc) is 2.38. The number of ether oxygens (including phenoxy) is 1. The summed E-state index contributed by atoms with van der Waals surface area (Å²) in [5.74, 6) is 0. The summed E-state index contributed by atoms with van der Waals surface area (Å²) in [6, 6.07) is 0. The Morgan fingerprint density at radius 2 is 1.90 bits per heavy atom. The Bertz CT molecular complexity index is 392. The Balaban J connectivity index is 4.67. The molecule has 0 aromatic rings. The third-order valence-corrected chi connectivity index (χ3v) is 3.31. The van der Waals surface area contributed by atoms with E-state index < -0.39 is 17.8 Å². The van der Waals surface area contributed by atoms with E-state index >= 15 is 0 Å². The first kappa shape index (κ1) is 18.8. The Morgan fingerprint density at radius 1 is 1.35 bits per heavy atom. The van der Waals surface area contributed by atoms with Crippen LogP contribution < -0.4 is 0 Å². The summed E-state index contributed by atoms with van der Waals surface area (Å²) in [7, 11) is 4.13. The van der Waals surface area contributed by atoms with Crippen LogP contribution in [0.25, 0.3) is 0 Å². The van der Waals surface area contributed by atoms with Crippen LogP contribution in [0.4, 0.5) is 8.78 Å². The maximum atomic E-state index is 12.3. The standard InChI is InChI=1S/C13H22BF2N2O2/c1-8-10(9-17-18(6)11(15)16)14-20-13(4,5)12(2,3)19-7/h9,11H,1H2,2-7H3/b17-9-. The van der Waals surface area contributed by atoms with Gasteiger partial charge in [-0.05, 0) is 27.7 Å². The molecule has 0 saturated carbocycles. The van der Waals surface area contributed by atoms with E-state index in [4.69, 9.17) is 9.39 Å². The number of rotatable bonds is 8. The van der Waals surface area contributed by atoms with E-state index in [1.807, 2.05) is 27.7 Å². The van der Waals surface area contributed by atoms with Crippen LogP contribution in [0.5, 0.6) is 0 Å². The van der Waals surface area contributed by atoms with E-state index in [2.05, 4.69) is 17.4 Å². The monoisotopic (exact) mass is 287 g/mol. The van der Waals surface area contributed by atoms with Crippen molar-refractivity contribution >= 4 is 13.7 Å². The maximum absolute atomic E-state index is 12.3. The van der Waals surface area contributed by atoms with Gasteiger partial charge in [-0.15, -0.1) is 5.73 Å². The summed E-state index contributed by atoms with van der Waals surface area (Å²) in [6.45, 7) is 8.29. The van der Waals surface area contributed by atoms with Crippen molar-refractivity contribution in [3.63, 3.8) is 0 Å². The minimum absolute atomic E-state index is 0.359. The fourth-order valence-corrected chi connectivity index (χ4v) is 0.920. The van der Waals surface area contributed by atoms with Crippen molar-refractivity contribution < 1.29 is 18.2 Å². The summed E-state index contributed by atoms with van der Waals surface area (Å²) >= 11 is 0. The van der Waals surface area contributed by atoms with Gasteiger partial charge in [-0.25, -0.2) is 5.01 Å². The normalized spacial score (nSPS) is 12.7. The van der Waals surface area contributed by atoms with Crippen LogP contribution in [-0.2, 0) is 9.39 Å². The second-order valence-electron chi connectivity index (χ2n) is 5.19. The highest BCUT2D eigenvalue weighted by molar-refractivity contribution is 6.46. The Morgan fingerprint density at radius 3 is 2.30 bits per heavy atom. The van der Waals surface area contributed by atoms with Gasteiger partial charge in [0.05, 0.1) is 17.4 Å². The number of halogens is 2. The lowest BCUT2D eigenvalue weighted by atomic mass is 9.83. The van der Waals surface area contributed by atoms with Gasteiger partial charge in [0.1, 0.15) is 0 Å². The second-order valence-corrected chi connectivity index (χ2v) is 5.19. The molecule has 0 atom stereocenters. The molecule has 0 bridgehead atoms. The van der Waals surface area contributed by atoms with Gasteiger partial charge in [0.25, 0.3) is 0 Å². The number of alkyl halides is 2. The number of hydrogen-bond donors (Lipinski definition) is 0. The number of allylic oxidation sites excluding steroid dienone is 1. The molecule has 0 heterocycles. The molecule has 0 rings (SSSR count). The van der Waals surface area contributed by atoms with E-state index in [-0.39, 0.29) is 0 Å². The molecule has 0 unspecified atom stereocenters. The van der Waals surface area contributed by atoms with E-state index in [1.165, 1.54) is 20.7 Å². The van der Waals surface area contributed by atoms with E-state index in [0.717, 1.165) is 0 Å². The summed E-state index contributed by atoms with van der Waals surface area (Å²) < 4.78 is 35.5. The zero-order valence-electron chi connectivity index (χ0n) is 12.9. The highest BCUT2D eigenvalue weighted by atomic mass is 19.3. The SMILES string of the molecule is C=C=C([B]OC(C)(C)C(C)(C)OC)/C=N\N(C)C(F)F. The molecule has 4 nitrogen and oxygen atoms in total. The third kappa shape index (κ3) is 5.45. The van der Waals surface area contributed by atoms with Gasteiger partial charge in [0, 0.05) is 19.6 Å². The van der Waals surface area contributed by atoms with Crippen LogP contribution in [0.3, 0.4) is 0 Å². The van der Waals surface area contributed by atoms with Crippen molar-refractivity contribution in [3.8, 4) is 0 Å². The smallest absolute Gasteiger partial charge is 0.340 e. The second kappa shape index (κ2) is 7.57. The fraction of sp³-hybridized carbons (Fsp3) is 0.692. The van der Waals surface area contributed by atoms with Crippen LogP contribution in [0.2, 0.25) is 0 Å². The van der Waals surface area contributed by atoms with Gasteiger partial charge < -0.3 is 9.39 Å². The first-order valence-electron chi connectivity index (χ1n) is 6.08. The molecule has 7 heteroatoms. The predicted octanol–water partition coefficient (Wildman–Crippen LogP) is 2.63. The van der Waals surface area contributed by atoms with Gasteiger partial charge in [-0.3, -0.25) is 0 Å². The molecule has 0 saturated heterocycles. The van der Waals surface area contributed by atoms with E-state index in [1.54, 1.807) is 7.11 Å². The maximum Gasteiger partial charge on any atom is 0.340 e. The van der Waals surface area contributed by atoms with Crippen molar-refractivity contribution in [2.45, 2.75) is 45.4 Å². The molecular weight excluding hydrogens is 265 g/mol. The summed E-state index contributed by atoms with van der Waals surface area (Å²) in [5.41, 5.74) is 1.75. The van der Waals surface area contributed by atoms with Crippen LogP contribution >= 0.6 is 0 Å². The van der Waals surface area contributed by atoms with E-state index in [9.17, 15) is 8.78 Å². The van der Waals surface area contributed by atoms with Crippen molar-refractivity contribution in [1.82, 2.24) is 5.01 Å². The Hall–Kier alpha value is -1.17. The largest absolute Gasteiger partial charge is 0.426 e. The van der Waals surface area contributed by atoms with Gasteiger partial charge in [0.2, 0.25) is 0 Å². The predicted molar refractivity (Wildman–Crippen MR) is 76.9 cm³/mol. The zero-order chi connectivity index (χ0) is 16.0. The molecule has 0 fully saturated rings. The van der Waals surface area contributed by atoms with Gasteiger partial charge in [-0.1, -0.05) is 6.58 Å². The molecule has 0 N–H and O–H groups in total. The van der Waals surface area contributed by atoms with Crippen LogP contribution in [0, 0.1) is 0 Å². The Labute approximate surface area is 120 Å². The zero-order valence-corrected chi connectivity index (χ0v) is 12.9. The fourth-order valence-electron chi connectivity index (χ4n) is 0.920. The highest BCUT2D eigenvalue weighted by Gasteiger charge is 2.38. The number of hydrogen-bond acceptors (Lipinski definition) is 4. The third-order valence-electron chi connectivity index (χ3n) is 3.31. The summed E-state index contributed by atoms with van der Waals surface area (Å²) in [5, 5.41) is 4.08. The van der Waals surface area contributed by atoms with Crippen molar-refractivity contribution in [1.29, 1.82) is 0 Å². The molecule has 0 spiro atoms. The molecule has 20 heavy (non-hydrogen) atoms. The number of methoxy groups -OCH3 is 1. The average molecular weight is 287 g/mol. The van der Waals surface area contributed by atoms with Crippen molar-refractivity contribution in [2.24, 2.45) is 5.10 Å². The lowest BCUT2D eigenvalue weighted by Crippen LogP contribution is -2.49. The quantitative estimate of drug-likeness (QED) is 0.226. The van der Waals surface area contributed by atoms with E-state index in [0.29, 0.717) is 10.5 Å². The first-order valence-corrected chi connectivity index (χ1v) is 6.08. The molecule has 0 amide bonds. The number of hydrazone groups is 1. The lowest BCUT2D eigenvalue weighted by Gasteiger charge is -2.40. The molecule has 0 aliphatic heterocycles. The molecule has 0 aromatic carbocycles. The molecule has 0 aliphatic carbocycles. The Kier molecular flexibility index (Phi) is 7.13. The molecular formula is C13H22BF2N2O2. The first-order chi connectivity index (χ1) is 9.07. The lowest BCUT2D eigenvalue weighted by molar-refractivity contribution is -0.114. The highest BCUT2D eigenvalue weighted by Crippen LogP contribution is 2.28.